The van der Waals surface area contributed by atoms with Crippen molar-refractivity contribution in [2.24, 2.45) is 10.7 Å². The van der Waals surface area contributed by atoms with E-state index in [4.69, 9.17) is 14.9 Å². The first-order valence-corrected chi connectivity index (χ1v) is 13.5. The van der Waals surface area contributed by atoms with Crippen molar-refractivity contribution in [2.45, 2.75) is 31.9 Å². The maximum atomic E-state index is 13.6. The van der Waals surface area contributed by atoms with E-state index in [0.29, 0.717) is 16.7 Å². The highest BCUT2D eigenvalue weighted by molar-refractivity contribution is 6.06. The first-order valence-electron chi connectivity index (χ1n) is 13.5. The number of primary amides is 1. The van der Waals surface area contributed by atoms with Crippen molar-refractivity contribution >= 4 is 39.8 Å². The monoisotopic (exact) mass is 576 g/mol. The molecule has 2 aliphatic rings. The van der Waals surface area contributed by atoms with Gasteiger partial charge in [0.25, 0.3) is 5.91 Å². The molecule has 0 radical (unpaired) electrons. The van der Waals surface area contributed by atoms with E-state index < -0.39 is 23.6 Å². The predicted molar refractivity (Wildman–Crippen MR) is 151 cm³/mol. The van der Waals surface area contributed by atoms with Crippen LogP contribution in [-0.4, -0.2) is 32.0 Å². The van der Waals surface area contributed by atoms with E-state index in [1.807, 2.05) is 6.07 Å². The third-order valence-corrected chi connectivity index (χ3v) is 7.61. The van der Waals surface area contributed by atoms with Crippen molar-refractivity contribution in [3.63, 3.8) is 0 Å². The zero-order valence-corrected chi connectivity index (χ0v) is 22.7. The quantitative estimate of drug-likeness (QED) is 0.315. The van der Waals surface area contributed by atoms with Gasteiger partial charge in [0.1, 0.15) is 22.6 Å². The highest BCUT2D eigenvalue weighted by Gasteiger charge is 2.31. The smallest absolute Gasteiger partial charge is 0.416 e. The zero-order valence-electron chi connectivity index (χ0n) is 22.7. The third-order valence-electron chi connectivity index (χ3n) is 7.61. The van der Waals surface area contributed by atoms with Crippen LogP contribution in [0.2, 0.25) is 0 Å². The number of carbonyl (C=O) groups is 2. The van der Waals surface area contributed by atoms with Crippen LogP contribution in [0.25, 0.3) is 11.0 Å². The normalized spacial score (nSPS) is 15.0. The lowest BCUT2D eigenvalue weighted by molar-refractivity contribution is -0.137. The molecule has 8 nitrogen and oxygen atoms in total. The Morgan fingerprint density at radius 3 is 2.57 bits per heavy atom. The molecule has 0 atom stereocenters. The molecule has 216 valence electrons. The zero-order chi connectivity index (χ0) is 29.6. The van der Waals surface area contributed by atoms with Gasteiger partial charge in [0.2, 0.25) is 11.5 Å². The predicted octanol–water partition coefficient (Wildman–Crippen LogP) is 5.74. The van der Waals surface area contributed by atoms with Gasteiger partial charge >= 0.3 is 6.18 Å². The fourth-order valence-electron chi connectivity index (χ4n) is 5.71. The van der Waals surface area contributed by atoms with Crippen molar-refractivity contribution in [2.75, 3.05) is 30.4 Å². The van der Waals surface area contributed by atoms with Gasteiger partial charge in [-0.3, -0.25) is 9.59 Å². The van der Waals surface area contributed by atoms with Crippen LogP contribution in [0.3, 0.4) is 0 Å². The lowest BCUT2D eigenvalue weighted by Crippen LogP contribution is -2.34. The molecule has 0 saturated heterocycles. The summed E-state index contributed by atoms with van der Waals surface area (Å²) in [6.45, 7) is 1.91. The fraction of sp³-hybridized carbons (Fsp3) is 0.258. The Morgan fingerprint density at radius 1 is 1.05 bits per heavy atom. The topological polar surface area (TPSA) is 110 Å². The Bertz CT molecular complexity index is 1810. The summed E-state index contributed by atoms with van der Waals surface area (Å²) >= 11 is 0. The number of nitrogens with one attached hydrogen (secondary N) is 1. The Balaban J connectivity index is 1.56. The standard InChI is InChI=1S/C31H27F3N4O4/c1-41-25-10-9-18(28(35)39)15-24(25)37-30-23(29(40)36-21-7-2-6-20(16-21)31(32,33)34)14-19-13-17-5-3-11-38-12-4-8-22(26(17)38)27(19)42-30/h2,6-7,9-10,13-16H,3-5,8,11-12H2,1H3,(H2,35,39)(H,36,40). The van der Waals surface area contributed by atoms with Gasteiger partial charge < -0.3 is 25.1 Å². The van der Waals surface area contributed by atoms with E-state index in [1.165, 1.54) is 43.0 Å². The molecule has 1 aromatic heterocycles. The fourth-order valence-corrected chi connectivity index (χ4v) is 5.71. The number of carbonyl (C=O) groups excluding carboxylic acids is 2. The summed E-state index contributed by atoms with van der Waals surface area (Å²) in [7, 11) is 1.43. The second-order valence-corrected chi connectivity index (χ2v) is 10.3. The van der Waals surface area contributed by atoms with Crippen molar-refractivity contribution in [1.29, 1.82) is 0 Å². The van der Waals surface area contributed by atoms with E-state index in [9.17, 15) is 22.8 Å². The molecular weight excluding hydrogens is 549 g/mol. The molecule has 0 spiro atoms. The van der Waals surface area contributed by atoms with Crippen LogP contribution in [0.4, 0.5) is 30.2 Å². The number of ether oxygens (including phenoxy) is 1. The minimum absolute atomic E-state index is 0.00191. The highest BCUT2D eigenvalue weighted by atomic mass is 19.4. The largest absolute Gasteiger partial charge is 0.494 e. The molecule has 3 heterocycles. The number of alkyl halides is 3. The summed E-state index contributed by atoms with van der Waals surface area (Å²) in [5.74, 6) is -1.09. The van der Waals surface area contributed by atoms with E-state index in [2.05, 4.69) is 15.2 Å². The highest BCUT2D eigenvalue weighted by Crippen LogP contribution is 2.40. The van der Waals surface area contributed by atoms with Gasteiger partial charge in [-0.15, -0.1) is 0 Å². The number of amides is 2. The molecule has 3 aromatic carbocycles. The number of aryl methyl sites for hydroxylation is 2. The van der Waals surface area contributed by atoms with Crippen LogP contribution in [0.5, 0.6) is 5.75 Å². The number of halogens is 3. The van der Waals surface area contributed by atoms with E-state index in [-0.39, 0.29) is 28.1 Å². The van der Waals surface area contributed by atoms with Crippen LogP contribution in [-0.2, 0) is 19.0 Å². The van der Waals surface area contributed by atoms with Crippen LogP contribution < -0.4 is 26.2 Å². The molecule has 11 heteroatoms. The molecule has 0 fully saturated rings. The molecule has 3 N–H and O–H groups in total. The summed E-state index contributed by atoms with van der Waals surface area (Å²) in [5.41, 5.74) is 8.77. The van der Waals surface area contributed by atoms with Crippen molar-refractivity contribution in [3.8, 4) is 5.75 Å². The van der Waals surface area contributed by atoms with Gasteiger partial charge in [0, 0.05) is 41.0 Å². The van der Waals surface area contributed by atoms with Gasteiger partial charge in [0.05, 0.1) is 12.7 Å². The molecule has 0 aliphatic carbocycles. The molecule has 0 saturated carbocycles. The number of nitrogens with zero attached hydrogens (tertiary/aromatic N) is 2. The van der Waals surface area contributed by atoms with Crippen molar-refractivity contribution < 1.29 is 31.9 Å². The maximum Gasteiger partial charge on any atom is 0.416 e. The van der Waals surface area contributed by atoms with Gasteiger partial charge in [-0.25, -0.2) is 4.99 Å². The number of rotatable bonds is 5. The van der Waals surface area contributed by atoms with E-state index in [0.717, 1.165) is 62.2 Å². The van der Waals surface area contributed by atoms with Crippen LogP contribution >= 0.6 is 0 Å². The molecule has 4 aromatic rings. The SMILES string of the molecule is COc1ccc(C(N)=O)cc1N=c1oc2c3c4c(cc2cc1C(=O)Nc1cccc(C(F)(F)F)c1)CCCN4CCC3. The van der Waals surface area contributed by atoms with Gasteiger partial charge in [-0.1, -0.05) is 6.07 Å². The molecule has 2 amide bonds. The minimum atomic E-state index is -4.57. The van der Waals surface area contributed by atoms with Crippen molar-refractivity contribution in [3.05, 3.63) is 88.0 Å². The first kappa shape index (κ1) is 27.4. The Kier molecular flexibility index (Phi) is 6.88. The van der Waals surface area contributed by atoms with E-state index in [1.54, 1.807) is 6.07 Å². The Morgan fingerprint density at radius 2 is 1.83 bits per heavy atom. The second-order valence-electron chi connectivity index (χ2n) is 10.3. The number of fused-ring (bicyclic) bond motifs is 2. The van der Waals surface area contributed by atoms with Crippen LogP contribution in [0, 0.1) is 0 Å². The van der Waals surface area contributed by atoms with E-state index >= 15 is 0 Å². The number of benzene rings is 3. The number of hydrogen-bond acceptors (Lipinski definition) is 6. The van der Waals surface area contributed by atoms with Crippen LogP contribution in [0.15, 0.2) is 64.0 Å². The number of nitrogens with two attached hydrogens (primary N) is 1. The Labute approximate surface area is 238 Å². The first-order chi connectivity index (χ1) is 20.1. The summed E-state index contributed by atoms with van der Waals surface area (Å²) in [6.07, 6.45) is -0.934. The third kappa shape index (κ3) is 5.06. The lowest BCUT2D eigenvalue weighted by Gasteiger charge is -2.37. The maximum absolute atomic E-state index is 13.6. The summed E-state index contributed by atoms with van der Waals surface area (Å²) in [4.78, 5) is 32.5. The number of anilines is 2. The van der Waals surface area contributed by atoms with Gasteiger partial charge in [-0.2, -0.15) is 13.2 Å². The lowest BCUT2D eigenvalue weighted by atomic mass is 9.90. The Hall–Kier alpha value is -4.80. The molecule has 42 heavy (non-hydrogen) atoms. The number of hydrogen-bond donors (Lipinski definition) is 2. The molecular formula is C31H27F3N4O4. The van der Waals surface area contributed by atoms with Gasteiger partial charge in [0.15, 0.2) is 0 Å². The summed E-state index contributed by atoms with van der Waals surface area (Å²) in [5, 5.41) is 3.25. The average molecular weight is 577 g/mol. The minimum Gasteiger partial charge on any atom is -0.494 e. The molecule has 0 bridgehead atoms. The summed E-state index contributed by atoms with van der Waals surface area (Å²) < 4.78 is 51.8. The van der Waals surface area contributed by atoms with Crippen LogP contribution in [0.1, 0.15) is 50.2 Å². The average Bonchev–Trinajstić information content (AvgIpc) is 2.97. The second kappa shape index (κ2) is 10.6. The summed E-state index contributed by atoms with van der Waals surface area (Å²) in [6, 6.07) is 12.5. The molecule has 6 rings (SSSR count). The molecule has 0 unspecified atom stereocenters. The van der Waals surface area contributed by atoms with Crippen molar-refractivity contribution in [1.82, 2.24) is 0 Å². The van der Waals surface area contributed by atoms with Gasteiger partial charge in [-0.05, 0) is 79.8 Å². The molecule has 2 aliphatic heterocycles. The number of methoxy groups -OCH3 is 1.